The van der Waals surface area contributed by atoms with Gasteiger partial charge in [-0.15, -0.1) is 0 Å². The average molecular weight is 258 g/mol. The molecule has 0 aliphatic heterocycles. The Kier molecular flexibility index (Phi) is 3.86. The number of methoxy groups -OCH3 is 1. The zero-order valence-corrected chi connectivity index (χ0v) is 10.0. The van der Waals surface area contributed by atoms with Crippen LogP contribution in [0.25, 0.3) is 0 Å². The van der Waals surface area contributed by atoms with Crippen molar-refractivity contribution in [3.63, 3.8) is 0 Å². The van der Waals surface area contributed by atoms with Crippen LogP contribution in [0.3, 0.4) is 0 Å². The molecule has 0 unspecified atom stereocenters. The van der Waals surface area contributed by atoms with Gasteiger partial charge in [-0.2, -0.15) is 8.78 Å². The van der Waals surface area contributed by atoms with Crippen LogP contribution in [0.2, 0.25) is 0 Å². The largest absolute Gasteiger partial charge is 0.493 e. The monoisotopic (exact) mass is 258 g/mol. The Morgan fingerprint density at radius 2 is 2.06 bits per heavy atom. The van der Waals surface area contributed by atoms with Gasteiger partial charge >= 0.3 is 6.61 Å². The van der Waals surface area contributed by atoms with Crippen LogP contribution in [0, 0.1) is 0 Å². The van der Waals surface area contributed by atoms with Crippen molar-refractivity contribution in [1.82, 2.24) is 0 Å². The minimum atomic E-state index is -2.87. The highest BCUT2D eigenvalue weighted by atomic mass is 19.3. The molecule has 1 fully saturated rings. The van der Waals surface area contributed by atoms with Gasteiger partial charge in [0, 0.05) is 23.8 Å². The van der Waals surface area contributed by atoms with E-state index in [2.05, 4.69) is 10.1 Å². The summed E-state index contributed by atoms with van der Waals surface area (Å²) < 4.78 is 33.9. The van der Waals surface area contributed by atoms with Crippen LogP contribution in [0.15, 0.2) is 18.2 Å². The van der Waals surface area contributed by atoms with Crippen LogP contribution >= 0.6 is 0 Å². The minimum absolute atomic E-state index is 0.0288. The Labute approximate surface area is 104 Å². The molecule has 0 heterocycles. The van der Waals surface area contributed by atoms with Gasteiger partial charge in [0.25, 0.3) is 0 Å². The number of nitrogens with two attached hydrogens (primary N) is 1. The number of halogens is 2. The molecule has 2 rings (SSSR count). The summed E-state index contributed by atoms with van der Waals surface area (Å²) in [6.07, 6.45) is 1.77. The maximum Gasteiger partial charge on any atom is 0.387 e. The third kappa shape index (κ3) is 3.01. The first-order valence-corrected chi connectivity index (χ1v) is 5.73. The SMILES string of the molecule is COc1ccc(NC2CC(N)C2)cc1OC(F)F. The second-order valence-electron chi connectivity index (χ2n) is 4.32. The summed E-state index contributed by atoms with van der Waals surface area (Å²) in [7, 11) is 1.41. The van der Waals surface area contributed by atoms with Crippen LogP contribution in [0.4, 0.5) is 14.5 Å². The van der Waals surface area contributed by atoms with E-state index in [0.29, 0.717) is 6.04 Å². The lowest BCUT2D eigenvalue weighted by Gasteiger charge is -2.33. The normalized spacial score (nSPS) is 22.5. The molecule has 18 heavy (non-hydrogen) atoms. The maximum absolute atomic E-state index is 12.2. The smallest absolute Gasteiger partial charge is 0.387 e. The Bertz CT molecular complexity index is 409. The van der Waals surface area contributed by atoms with Gasteiger partial charge < -0.3 is 20.5 Å². The number of nitrogens with one attached hydrogen (secondary N) is 1. The van der Waals surface area contributed by atoms with Crippen molar-refractivity contribution >= 4 is 5.69 Å². The number of hydrogen-bond acceptors (Lipinski definition) is 4. The summed E-state index contributed by atoms with van der Waals surface area (Å²) in [5.74, 6) is 0.312. The lowest BCUT2D eigenvalue weighted by Crippen LogP contribution is -2.44. The van der Waals surface area contributed by atoms with E-state index in [1.165, 1.54) is 13.2 Å². The van der Waals surface area contributed by atoms with Gasteiger partial charge in [-0.05, 0) is 25.0 Å². The zero-order chi connectivity index (χ0) is 13.1. The molecule has 0 saturated heterocycles. The van der Waals surface area contributed by atoms with E-state index in [-0.39, 0.29) is 17.5 Å². The number of benzene rings is 1. The summed E-state index contributed by atoms with van der Waals surface area (Å²) in [4.78, 5) is 0. The highest BCUT2D eigenvalue weighted by Crippen LogP contribution is 2.33. The molecular weight excluding hydrogens is 242 g/mol. The van der Waals surface area contributed by atoms with Gasteiger partial charge in [0.2, 0.25) is 0 Å². The van der Waals surface area contributed by atoms with Gasteiger partial charge in [-0.1, -0.05) is 0 Å². The Morgan fingerprint density at radius 3 is 2.61 bits per heavy atom. The van der Waals surface area contributed by atoms with Crippen molar-refractivity contribution in [3.8, 4) is 11.5 Å². The molecule has 0 aromatic heterocycles. The molecule has 4 nitrogen and oxygen atoms in total. The highest BCUT2D eigenvalue weighted by molar-refractivity contribution is 5.55. The average Bonchev–Trinajstić information content (AvgIpc) is 2.26. The van der Waals surface area contributed by atoms with E-state index in [4.69, 9.17) is 10.5 Å². The molecule has 1 aliphatic rings. The molecule has 1 aromatic rings. The van der Waals surface area contributed by atoms with Crippen molar-refractivity contribution in [2.75, 3.05) is 12.4 Å². The molecule has 1 saturated carbocycles. The Morgan fingerprint density at radius 1 is 1.33 bits per heavy atom. The van der Waals surface area contributed by atoms with E-state index in [0.717, 1.165) is 18.5 Å². The molecule has 0 spiro atoms. The van der Waals surface area contributed by atoms with E-state index < -0.39 is 6.61 Å². The number of rotatable bonds is 5. The second kappa shape index (κ2) is 5.39. The van der Waals surface area contributed by atoms with E-state index in [9.17, 15) is 8.78 Å². The van der Waals surface area contributed by atoms with Gasteiger partial charge in [0.1, 0.15) is 0 Å². The summed E-state index contributed by atoms with van der Waals surface area (Å²) in [5.41, 5.74) is 6.41. The van der Waals surface area contributed by atoms with Crippen molar-refractivity contribution in [2.24, 2.45) is 5.73 Å². The number of ether oxygens (including phenoxy) is 2. The number of anilines is 1. The summed E-state index contributed by atoms with van der Waals surface area (Å²) in [6.45, 7) is -2.87. The van der Waals surface area contributed by atoms with Gasteiger partial charge in [-0.25, -0.2) is 0 Å². The Balaban J connectivity index is 2.07. The topological polar surface area (TPSA) is 56.5 Å². The van der Waals surface area contributed by atoms with Crippen LogP contribution in [0.5, 0.6) is 11.5 Å². The molecule has 3 N–H and O–H groups in total. The molecular formula is C12H16F2N2O2. The fraction of sp³-hybridized carbons (Fsp3) is 0.500. The first-order chi connectivity index (χ1) is 8.58. The maximum atomic E-state index is 12.2. The third-order valence-corrected chi connectivity index (χ3v) is 2.93. The highest BCUT2D eigenvalue weighted by Gasteiger charge is 2.25. The summed E-state index contributed by atoms with van der Waals surface area (Å²) in [5, 5.41) is 3.21. The summed E-state index contributed by atoms with van der Waals surface area (Å²) in [6, 6.07) is 5.40. The van der Waals surface area contributed by atoms with Crippen molar-refractivity contribution in [3.05, 3.63) is 18.2 Å². The van der Waals surface area contributed by atoms with E-state index >= 15 is 0 Å². The second-order valence-corrected chi connectivity index (χ2v) is 4.32. The number of hydrogen-bond donors (Lipinski definition) is 2. The third-order valence-electron chi connectivity index (χ3n) is 2.93. The minimum Gasteiger partial charge on any atom is -0.493 e. The Hall–Kier alpha value is -1.56. The zero-order valence-electron chi connectivity index (χ0n) is 10.0. The molecule has 1 aromatic carbocycles. The standard InChI is InChI=1S/C12H16F2N2O2/c1-17-10-3-2-8(6-11(10)18-12(13)14)16-9-4-7(15)5-9/h2-3,6-7,9,12,16H,4-5,15H2,1H3. The van der Waals surface area contributed by atoms with Crippen LogP contribution in [-0.2, 0) is 0 Å². The van der Waals surface area contributed by atoms with E-state index in [1.54, 1.807) is 12.1 Å². The molecule has 0 bridgehead atoms. The predicted octanol–water partition coefficient (Wildman–Crippen LogP) is 2.20. The van der Waals surface area contributed by atoms with Crippen LogP contribution < -0.4 is 20.5 Å². The van der Waals surface area contributed by atoms with Gasteiger partial charge in [0.15, 0.2) is 11.5 Å². The molecule has 0 radical (unpaired) electrons. The molecule has 1 aliphatic carbocycles. The fourth-order valence-corrected chi connectivity index (χ4v) is 1.97. The van der Waals surface area contributed by atoms with Crippen LogP contribution in [-0.4, -0.2) is 25.8 Å². The number of alkyl halides is 2. The van der Waals surface area contributed by atoms with E-state index in [1.807, 2.05) is 0 Å². The van der Waals surface area contributed by atoms with Crippen molar-refractivity contribution in [1.29, 1.82) is 0 Å². The molecule has 6 heteroatoms. The molecule has 100 valence electrons. The molecule has 0 atom stereocenters. The van der Waals surface area contributed by atoms with Crippen molar-refractivity contribution in [2.45, 2.75) is 31.5 Å². The van der Waals surface area contributed by atoms with Crippen LogP contribution in [0.1, 0.15) is 12.8 Å². The fourth-order valence-electron chi connectivity index (χ4n) is 1.97. The van der Waals surface area contributed by atoms with Gasteiger partial charge in [0.05, 0.1) is 7.11 Å². The summed E-state index contributed by atoms with van der Waals surface area (Å²) >= 11 is 0. The quantitative estimate of drug-likeness (QED) is 0.850. The lowest BCUT2D eigenvalue weighted by molar-refractivity contribution is -0.0511. The van der Waals surface area contributed by atoms with Gasteiger partial charge in [-0.3, -0.25) is 0 Å². The lowest BCUT2D eigenvalue weighted by atomic mass is 9.87. The van der Waals surface area contributed by atoms with Crippen molar-refractivity contribution < 1.29 is 18.3 Å². The molecule has 0 amide bonds. The first kappa shape index (κ1) is 12.9. The first-order valence-electron chi connectivity index (χ1n) is 5.73. The predicted molar refractivity (Wildman–Crippen MR) is 64.2 cm³/mol.